The molecular weight excluding hydrogens is 425 g/mol. The zero-order valence-electron chi connectivity index (χ0n) is 16.7. The molecule has 7 nitrogen and oxygen atoms in total. The molecule has 1 fully saturated rings. The maximum Gasteiger partial charge on any atom is 0.407 e. The Hall–Kier alpha value is -2.43. The fourth-order valence-corrected chi connectivity index (χ4v) is 3.96. The van der Waals surface area contributed by atoms with E-state index in [9.17, 15) is 32.7 Å². The number of benzene rings is 1. The third-order valence-corrected chi connectivity index (χ3v) is 5.31. The first kappa shape index (κ1) is 23.8. The van der Waals surface area contributed by atoms with Crippen LogP contribution in [0.3, 0.4) is 0 Å². The summed E-state index contributed by atoms with van der Waals surface area (Å²) in [4.78, 5) is 37.3. The number of rotatable bonds is 6. The van der Waals surface area contributed by atoms with Gasteiger partial charge in [0, 0.05) is 30.8 Å². The number of amides is 2. The first-order chi connectivity index (χ1) is 13.9. The standard InChI is InChI=1S/C19H23F3N2O5S/c1-19(2,3)29-18(28)23-11(6-10-7-13(21)14(22)9-12(10)20)8-15(25)24-4-5-30-16(24)17(26)27/h7,9,11,16H,4-6,8H2,1-3H3,(H,23,28)(H,26,27). The van der Waals surface area contributed by atoms with E-state index >= 15 is 0 Å². The van der Waals surface area contributed by atoms with Crippen LogP contribution in [0.15, 0.2) is 12.1 Å². The van der Waals surface area contributed by atoms with Crippen molar-refractivity contribution in [2.24, 2.45) is 0 Å². The number of carbonyl (C=O) groups is 3. The van der Waals surface area contributed by atoms with Gasteiger partial charge in [0.1, 0.15) is 11.4 Å². The van der Waals surface area contributed by atoms with Crippen molar-refractivity contribution >= 4 is 29.7 Å². The van der Waals surface area contributed by atoms with Crippen LogP contribution in [0, 0.1) is 17.5 Å². The van der Waals surface area contributed by atoms with Crippen LogP contribution in [0.25, 0.3) is 0 Å². The minimum atomic E-state index is -1.36. The van der Waals surface area contributed by atoms with Gasteiger partial charge in [-0.2, -0.15) is 0 Å². The van der Waals surface area contributed by atoms with E-state index in [0.29, 0.717) is 17.9 Å². The molecule has 1 heterocycles. The maximum atomic E-state index is 14.1. The predicted octanol–water partition coefficient (Wildman–Crippen LogP) is 2.92. The second-order valence-corrected chi connectivity index (χ2v) is 8.95. The van der Waals surface area contributed by atoms with Crippen LogP contribution in [0.1, 0.15) is 32.8 Å². The number of carboxylic acid groups (broad SMARTS) is 1. The molecule has 11 heteroatoms. The molecule has 2 N–H and O–H groups in total. The van der Waals surface area contributed by atoms with Gasteiger partial charge in [0.25, 0.3) is 0 Å². The third-order valence-electron chi connectivity index (χ3n) is 4.12. The molecule has 1 aliphatic heterocycles. The van der Waals surface area contributed by atoms with Crippen molar-refractivity contribution < 1.29 is 37.4 Å². The average molecular weight is 448 g/mol. The molecule has 0 spiro atoms. The number of hydrogen-bond acceptors (Lipinski definition) is 5. The summed E-state index contributed by atoms with van der Waals surface area (Å²) in [6.07, 6.45) is -1.58. The molecule has 30 heavy (non-hydrogen) atoms. The van der Waals surface area contributed by atoms with Crippen molar-refractivity contribution in [2.75, 3.05) is 12.3 Å². The highest BCUT2D eigenvalue weighted by Crippen LogP contribution is 2.25. The molecule has 0 aromatic heterocycles. The molecule has 1 saturated heterocycles. The molecule has 2 amide bonds. The van der Waals surface area contributed by atoms with E-state index < -0.39 is 52.4 Å². The Morgan fingerprint density at radius 1 is 1.23 bits per heavy atom. The second kappa shape index (κ2) is 9.59. The van der Waals surface area contributed by atoms with Crippen LogP contribution in [0.2, 0.25) is 0 Å². The molecule has 0 radical (unpaired) electrons. The van der Waals surface area contributed by atoms with Crippen LogP contribution in [0.4, 0.5) is 18.0 Å². The smallest absolute Gasteiger partial charge is 0.407 e. The summed E-state index contributed by atoms with van der Waals surface area (Å²) < 4.78 is 46.0. The van der Waals surface area contributed by atoms with E-state index in [1.54, 1.807) is 20.8 Å². The summed E-state index contributed by atoms with van der Waals surface area (Å²) in [5.74, 6) is -4.97. The number of carboxylic acids is 1. The molecule has 1 aromatic carbocycles. The number of hydrogen-bond donors (Lipinski definition) is 2. The number of nitrogens with zero attached hydrogens (tertiary/aromatic N) is 1. The zero-order chi connectivity index (χ0) is 22.6. The summed E-state index contributed by atoms with van der Waals surface area (Å²) >= 11 is 1.09. The van der Waals surface area contributed by atoms with Crippen LogP contribution in [0.5, 0.6) is 0 Å². The summed E-state index contributed by atoms with van der Waals surface area (Å²) in [5.41, 5.74) is -1.08. The lowest BCUT2D eigenvalue weighted by Gasteiger charge is -2.26. The van der Waals surface area contributed by atoms with Gasteiger partial charge in [-0.1, -0.05) is 0 Å². The van der Waals surface area contributed by atoms with Crippen LogP contribution < -0.4 is 5.32 Å². The normalized spacial score (nSPS) is 17.5. The monoisotopic (exact) mass is 448 g/mol. The van der Waals surface area contributed by atoms with Crippen molar-refractivity contribution in [3.05, 3.63) is 35.1 Å². The number of aliphatic carboxylic acids is 1. The van der Waals surface area contributed by atoms with Crippen molar-refractivity contribution in [1.82, 2.24) is 10.2 Å². The lowest BCUT2D eigenvalue weighted by molar-refractivity contribution is -0.145. The molecule has 2 rings (SSSR count). The Bertz CT molecular complexity index is 831. The highest BCUT2D eigenvalue weighted by Gasteiger charge is 2.36. The van der Waals surface area contributed by atoms with Crippen molar-refractivity contribution in [2.45, 2.75) is 50.6 Å². The van der Waals surface area contributed by atoms with Gasteiger partial charge in [0.05, 0.1) is 0 Å². The first-order valence-electron chi connectivity index (χ1n) is 9.14. The molecule has 1 aliphatic rings. The van der Waals surface area contributed by atoms with Gasteiger partial charge in [-0.3, -0.25) is 4.79 Å². The van der Waals surface area contributed by atoms with Gasteiger partial charge in [0.15, 0.2) is 17.0 Å². The Morgan fingerprint density at radius 2 is 1.87 bits per heavy atom. The highest BCUT2D eigenvalue weighted by atomic mass is 32.2. The number of nitrogens with one attached hydrogen (secondary N) is 1. The van der Waals surface area contributed by atoms with Crippen molar-refractivity contribution in [1.29, 1.82) is 0 Å². The molecule has 0 saturated carbocycles. The van der Waals surface area contributed by atoms with Crippen LogP contribution in [-0.4, -0.2) is 57.3 Å². The third kappa shape index (κ3) is 6.54. The van der Waals surface area contributed by atoms with Crippen LogP contribution >= 0.6 is 11.8 Å². The molecule has 1 aromatic rings. The SMILES string of the molecule is CC(C)(C)OC(=O)NC(CC(=O)N1CCSC1C(=O)O)Cc1cc(F)c(F)cc1F. The van der Waals surface area contributed by atoms with E-state index in [4.69, 9.17) is 4.74 Å². The number of ether oxygens (including phenoxy) is 1. The Kier molecular flexibility index (Phi) is 7.62. The lowest BCUT2D eigenvalue weighted by Crippen LogP contribution is -2.46. The number of alkyl carbamates (subject to hydrolysis) is 1. The highest BCUT2D eigenvalue weighted by molar-refractivity contribution is 8.00. The fourth-order valence-electron chi connectivity index (χ4n) is 2.89. The maximum absolute atomic E-state index is 14.1. The molecule has 0 bridgehead atoms. The molecule has 2 unspecified atom stereocenters. The second-order valence-electron chi connectivity index (χ2n) is 7.76. The summed E-state index contributed by atoms with van der Waals surface area (Å²) in [6, 6.07) is 0.00553. The Balaban J connectivity index is 2.20. The molecule has 166 valence electrons. The van der Waals surface area contributed by atoms with Crippen LogP contribution in [-0.2, 0) is 20.7 Å². The molecule has 2 atom stereocenters. The minimum Gasteiger partial charge on any atom is -0.479 e. The molecule has 0 aliphatic carbocycles. The number of halogens is 3. The van der Waals surface area contributed by atoms with Gasteiger partial charge in [-0.25, -0.2) is 22.8 Å². The number of thioether (sulfide) groups is 1. The van der Waals surface area contributed by atoms with E-state index in [1.807, 2.05) is 0 Å². The average Bonchev–Trinajstić information content (AvgIpc) is 3.08. The minimum absolute atomic E-state index is 0.208. The van der Waals surface area contributed by atoms with Gasteiger partial charge in [-0.05, 0) is 38.8 Å². The van der Waals surface area contributed by atoms with E-state index in [0.717, 1.165) is 16.7 Å². The Labute approximate surface area is 175 Å². The van der Waals surface area contributed by atoms with Crippen molar-refractivity contribution in [3.8, 4) is 0 Å². The summed E-state index contributed by atoms with van der Waals surface area (Å²) in [6.45, 7) is 5.08. The summed E-state index contributed by atoms with van der Waals surface area (Å²) in [5, 5.41) is 10.6. The largest absolute Gasteiger partial charge is 0.479 e. The molecular formula is C19H23F3N2O5S. The van der Waals surface area contributed by atoms with Gasteiger partial charge < -0.3 is 20.1 Å². The lowest BCUT2D eigenvalue weighted by atomic mass is 10.0. The topological polar surface area (TPSA) is 95.9 Å². The van der Waals surface area contributed by atoms with Gasteiger partial charge in [-0.15, -0.1) is 11.8 Å². The van der Waals surface area contributed by atoms with Gasteiger partial charge >= 0.3 is 12.1 Å². The zero-order valence-corrected chi connectivity index (χ0v) is 17.5. The summed E-state index contributed by atoms with van der Waals surface area (Å²) in [7, 11) is 0. The fraction of sp³-hybridized carbons (Fsp3) is 0.526. The quantitative estimate of drug-likeness (QED) is 0.650. The van der Waals surface area contributed by atoms with Gasteiger partial charge in [0.2, 0.25) is 5.91 Å². The van der Waals surface area contributed by atoms with E-state index in [2.05, 4.69) is 5.32 Å². The predicted molar refractivity (Wildman–Crippen MR) is 103 cm³/mol. The van der Waals surface area contributed by atoms with Crippen molar-refractivity contribution in [3.63, 3.8) is 0 Å². The number of carbonyl (C=O) groups excluding carboxylic acids is 2. The van der Waals surface area contributed by atoms with E-state index in [-0.39, 0.29) is 24.9 Å². The van der Waals surface area contributed by atoms with E-state index in [1.165, 1.54) is 0 Å². The first-order valence-corrected chi connectivity index (χ1v) is 10.2. The Morgan fingerprint density at radius 3 is 2.47 bits per heavy atom.